The van der Waals surface area contributed by atoms with Gasteiger partial charge in [-0.1, -0.05) is 60.7 Å². The predicted molar refractivity (Wildman–Crippen MR) is 80.7 cm³/mol. The lowest BCUT2D eigenvalue weighted by atomic mass is 10.00. The summed E-state index contributed by atoms with van der Waals surface area (Å²) in [6, 6.07) is 19.9. The summed E-state index contributed by atoms with van der Waals surface area (Å²) in [6.45, 7) is 0.364. The summed E-state index contributed by atoms with van der Waals surface area (Å²) < 4.78 is 0. The van der Waals surface area contributed by atoms with Crippen molar-refractivity contribution in [3.05, 3.63) is 71.8 Å². The molecule has 0 atom stereocenters. The van der Waals surface area contributed by atoms with E-state index in [4.69, 9.17) is 9.94 Å². The van der Waals surface area contributed by atoms with E-state index >= 15 is 0 Å². The lowest BCUT2D eigenvalue weighted by molar-refractivity contribution is -0.137. The fourth-order valence-corrected chi connectivity index (χ4v) is 2.06. The maximum Gasteiger partial charge on any atom is 0.303 e. The molecule has 0 unspecified atom stereocenters. The van der Waals surface area contributed by atoms with E-state index in [1.807, 2.05) is 60.7 Å². The monoisotopic (exact) mass is 285 g/mol. The number of carboxylic acid groups (broad SMARTS) is 1. The minimum Gasteiger partial charge on any atom is -0.481 e. The second kappa shape index (κ2) is 8.19. The van der Waals surface area contributed by atoms with Crippen molar-refractivity contribution in [3.8, 4) is 0 Å². The van der Waals surface area contributed by atoms with Crippen LogP contribution < -0.4 is 5.48 Å². The van der Waals surface area contributed by atoms with Crippen LogP contribution in [0.4, 0.5) is 0 Å². The SMILES string of the molecule is O=C(O)CCCONC(c1ccccc1)c1ccccc1. The fourth-order valence-electron chi connectivity index (χ4n) is 2.06. The Morgan fingerprint density at radius 2 is 1.52 bits per heavy atom. The molecule has 4 nitrogen and oxygen atoms in total. The van der Waals surface area contributed by atoms with Crippen LogP contribution in [0.2, 0.25) is 0 Å². The molecular weight excluding hydrogens is 266 g/mol. The Morgan fingerprint density at radius 1 is 1.00 bits per heavy atom. The van der Waals surface area contributed by atoms with Gasteiger partial charge < -0.3 is 9.94 Å². The first-order valence-corrected chi connectivity index (χ1v) is 6.96. The van der Waals surface area contributed by atoms with Gasteiger partial charge in [-0.15, -0.1) is 0 Å². The summed E-state index contributed by atoms with van der Waals surface area (Å²) in [5.74, 6) is -0.804. The first kappa shape index (κ1) is 15.2. The number of hydrogen-bond acceptors (Lipinski definition) is 3. The quantitative estimate of drug-likeness (QED) is 0.578. The van der Waals surface area contributed by atoms with Gasteiger partial charge in [0.15, 0.2) is 0 Å². The summed E-state index contributed by atoms with van der Waals surface area (Å²) >= 11 is 0. The molecule has 2 aromatic rings. The van der Waals surface area contributed by atoms with E-state index in [1.165, 1.54) is 0 Å². The van der Waals surface area contributed by atoms with Gasteiger partial charge in [0.1, 0.15) is 0 Å². The molecule has 0 amide bonds. The molecule has 0 aliphatic carbocycles. The predicted octanol–water partition coefficient (Wildman–Crippen LogP) is 3.16. The van der Waals surface area contributed by atoms with Crippen LogP contribution in [0.1, 0.15) is 30.0 Å². The lowest BCUT2D eigenvalue weighted by Crippen LogP contribution is -2.23. The zero-order valence-corrected chi connectivity index (χ0v) is 11.7. The van der Waals surface area contributed by atoms with Crippen LogP contribution in [0.15, 0.2) is 60.7 Å². The van der Waals surface area contributed by atoms with E-state index in [9.17, 15) is 4.79 Å². The van der Waals surface area contributed by atoms with Gasteiger partial charge in [-0.3, -0.25) is 4.79 Å². The van der Waals surface area contributed by atoms with Crippen molar-refractivity contribution in [2.75, 3.05) is 6.61 Å². The molecule has 0 aliphatic heterocycles. The van der Waals surface area contributed by atoms with E-state index in [2.05, 4.69) is 5.48 Å². The number of nitrogens with one attached hydrogen (secondary N) is 1. The van der Waals surface area contributed by atoms with Crippen molar-refractivity contribution in [1.29, 1.82) is 0 Å². The van der Waals surface area contributed by atoms with Crippen LogP contribution in [0.3, 0.4) is 0 Å². The molecular formula is C17H19NO3. The van der Waals surface area contributed by atoms with Crippen molar-refractivity contribution in [2.24, 2.45) is 0 Å². The molecule has 0 spiro atoms. The van der Waals surface area contributed by atoms with Crippen molar-refractivity contribution in [2.45, 2.75) is 18.9 Å². The number of aliphatic carboxylic acids is 1. The topological polar surface area (TPSA) is 58.6 Å². The molecule has 0 bridgehead atoms. The third-order valence-corrected chi connectivity index (χ3v) is 3.10. The van der Waals surface area contributed by atoms with E-state index in [0.29, 0.717) is 13.0 Å². The second-order valence-corrected chi connectivity index (χ2v) is 4.72. The zero-order chi connectivity index (χ0) is 14.9. The Labute approximate surface area is 124 Å². The number of hydroxylamine groups is 1. The van der Waals surface area contributed by atoms with Crippen LogP contribution in [-0.2, 0) is 9.63 Å². The van der Waals surface area contributed by atoms with Gasteiger partial charge in [0, 0.05) is 6.42 Å². The molecule has 0 aromatic heterocycles. The molecule has 2 N–H and O–H groups in total. The van der Waals surface area contributed by atoms with E-state index in [0.717, 1.165) is 11.1 Å². The van der Waals surface area contributed by atoms with Crippen LogP contribution >= 0.6 is 0 Å². The number of hydrogen-bond donors (Lipinski definition) is 2. The normalized spacial score (nSPS) is 10.7. The molecule has 2 rings (SSSR count). The van der Waals surface area contributed by atoms with Crippen molar-refractivity contribution in [1.82, 2.24) is 5.48 Å². The highest BCUT2D eigenvalue weighted by atomic mass is 16.6. The summed E-state index contributed by atoms with van der Waals surface area (Å²) in [5.41, 5.74) is 5.23. The van der Waals surface area contributed by atoms with Gasteiger partial charge >= 0.3 is 5.97 Å². The minimum absolute atomic E-state index is 0.0720. The van der Waals surface area contributed by atoms with Crippen molar-refractivity contribution in [3.63, 3.8) is 0 Å². The standard InChI is InChI=1S/C17H19NO3/c19-16(20)12-7-13-21-18-17(14-8-3-1-4-9-14)15-10-5-2-6-11-15/h1-6,8-11,17-18H,7,12-13H2,(H,19,20). The van der Waals surface area contributed by atoms with Gasteiger partial charge in [-0.05, 0) is 17.5 Å². The van der Waals surface area contributed by atoms with Gasteiger partial charge in [0.05, 0.1) is 12.6 Å². The molecule has 4 heteroatoms. The molecule has 21 heavy (non-hydrogen) atoms. The Kier molecular flexibility index (Phi) is 5.94. The molecule has 0 heterocycles. The van der Waals surface area contributed by atoms with Crippen LogP contribution in [0.5, 0.6) is 0 Å². The average molecular weight is 285 g/mol. The van der Waals surface area contributed by atoms with Gasteiger partial charge in [-0.25, -0.2) is 0 Å². The number of rotatable bonds is 8. The number of benzene rings is 2. The second-order valence-electron chi connectivity index (χ2n) is 4.72. The molecule has 110 valence electrons. The van der Waals surface area contributed by atoms with Crippen LogP contribution in [-0.4, -0.2) is 17.7 Å². The third kappa shape index (κ3) is 5.02. The van der Waals surface area contributed by atoms with Gasteiger partial charge in [0.25, 0.3) is 0 Å². The largest absolute Gasteiger partial charge is 0.481 e. The molecule has 0 saturated heterocycles. The Bertz CT molecular complexity index is 503. The van der Waals surface area contributed by atoms with E-state index < -0.39 is 5.97 Å². The Hall–Kier alpha value is -2.17. The number of carboxylic acids is 1. The molecule has 0 fully saturated rings. The lowest BCUT2D eigenvalue weighted by Gasteiger charge is -2.19. The van der Waals surface area contributed by atoms with Crippen molar-refractivity contribution >= 4 is 5.97 Å². The highest BCUT2D eigenvalue weighted by molar-refractivity contribution is 5.66. The maximum absolute atomic E-state index is 10.5. The highest BCUT2D eigenvalue weighted by Gasteiger charge is 2.13. The molecule has 0 radical (unpaired) electrons. The minimum atomic E-state index is -0.804. The highest BCUT2D eigenvalue weighted by Crippen LogP contribution is 2.21. The van der Waals surface area contributed by atoms with E-state index in [-0.39, 0.29) is 12.5 Å². The summed E-state index contributed by atoms with van der Waals surface area (Å²) in [5, 5.41) is 8.60. The molecule has 2 aromatic carbocycles. The van der Waals surface area contributed by atoms with E-state index in [1.54, 1.807) is 0 Å². The zero-order valence-electron chi connectivity index (χ0n) is 11.7. The molecule has 0 saturated carbocycles. The van der Waals surface area contributed by atoms with Crippen LogP contribution in [0, 0.1) is 0 Å². The summed E-state index contributed by atoms with van der Waals surface area (Å²) in [4.78, 5) is 15.9. The maximum atomic E-state index is 10.5. The Balaban J connectivity index is 1.99. The van der Waals surface area contributed by atoms with Crippen molar-refractivity contribution < 1.29 is 14.7 Å². The molecule has 0 aliphatic rings. The average Bonchev–Trinajstić information content (AvgIpc) is 2.52. The van der Waals surface area contributed by atoms with Gasteiger partial charge in [0.2, 0.25) is 0 Å². The third-order valence-electron chi connectivity index (χ3n) is 3.10. The summed E-state index contributed by atoms with van der Waals surface area (Å²) in [6.07, 6.45) is 0.599. The fraction of sp³-hybridized carbons (Fsp3) is 0.235. The summed E-state index contributed by atoms with van der Waals surface area (Å²) in [7, 11) is 0. The number of carbonyl (C=O) groups is 1. The first-order valence-electron chi connectivity index (χ1n) is 6.96. The Morgan fingerprint density at radius 3 is 2.00 bits per heavy atom. The first-order chi connectivity index (χ1) is 10.3. The smallest absolute Gasteiger partial charge is 0.303 e. The van der Waals surface area contributed by atoms with Gasteiger partial charge in [-0.2, -0.15) is 5.48 Å². The van der Waals surface area contributed by atoms with Crippen LogP contribution in [0.25, 0.3) is 0 Å².